The molecule has 0 saturated heterocycles. The molecule has 1 aliphatic carbocycles. The van der Waals surface area contributed by atoms with Crippen LogP contribution in [0, 0.1) is 5.41 Å². The Morgan fingerprint density at radius 3 is 2.68 bits per heavy atom. The zero-order chi connectivity index (χ0) is 14.0. The van der Waals surface area contributed by atoms with Crippen molar-refractivity contribution < 1.29 is 4.79 Å². The fourth-order valence-corrected chi connectivity index (χ4v) is 3.27. The molecule has 0 bridgehead atoms. The van der Waals surface area contributed by atoms with E-state index >= 15 is 0 Å². The summed E-state index contributed by atoms with van der Waals surface area (Å²) in [6, 6.07) is 0.351. The molecule has 1 aromatic rings. The van der Waals surface area contributed by atoms with Gasteiger partial charge in [0.1, 0.15) is 10.7 Å². The highest BCUT2D eigenvalue weighted by Gasteiger charge is 2.31. The van der Waals surface area contributed by atoms with Crippen molar-refractivity contribution in [3.63, 3.8) is 0 Å². The summed E-state index contributed by atoms with van der Waals surface area (Å²) in [5, 5.41) is 2.63. The number of hydrogen-bond acceptors (Lipinski definition) is 4. The molecule has 5 heteroatoms. The first-order valence-corrected chi connectivity index (χ1v) is 7.72. The lowest BCUT2D eigenvalue weighted by Crippen LogP contribution is -2.41. The highest BCUT2D eigenvalue weighted by atomic mass is 32.1. The third-order valence-electron chi connectivity index (χ3n) is 4.12. The molecule has 0 spiro atoms. The van der Waals surface area contributed by atoms with Gasteiger partial charge in [-0.15, -0.1) is 11.3 Å². The number of carbonyl (C=O) groups excluding carboxylic acids is 1. The molecule has 0 aromatic carbocycles. The molecule has 1 aromatic heterocycles. The van der Waals surface area contributed by atoms with Crippen LogP contribution < -0.4 is 5.73 Å². The second-order valence-corrected chi connectivity index (χ2v) is 7.08. The van der Waals surface area contributed by atoms with E-state index in [9.17, 15) is 4.79 Å². The smallest absolute Gasteiger partial charge is 0.273 e. The monoisotopic (exact) mass is 281 g/mol. The standard InChI is InChI=1S/C14H23N3OS/c1-14(2)6-4-10(5-7-14)17(3)13(18)11-9-19-12(8-15)16-11/h9-10H,4-8,15H2,1-3H3. The summed E-state index contributed by atoms with van der Waals surface area (Å²) in [4.78, 5) is 18.5. The Labute approximate surface area is 119 Å². The summed E-state index contributed by atoms with van der Waals surface area (Å²) in [6.45, 7) is 5.01. The van der Waals surface area contributed by atoms with E-state index in [1.165, 1.54) is 24.2 Å². The summed E-state index contributed by atoms with van der Waals surface area (Å²) >= 11 is 1.46. The van der Waals surface area contributed by atoms with E-state index in [0.717, 1.165) is 17.8 Å². The summed E-state index contributed by atoms with van der Waals surface area (Å²) in [6.07, 6.45) is 4.53. The minimum absolute atomic E-state index is 0.0284. The largest absolute Gasteiger partial charge is 0.337 e. The van der Waals surface area contributed by atoms with Gasteiger partial charge in [0.15, 0.2) is 0 Å². The van der Waals surface area contributed by atoms with E-state index < -0.39 is 0 Å². The number of aromatic nitrogens is 1. The zero-order valence-electron chi connectivity index (χ0n) is 12.0. The van der Waals surface area contributed by atoms with Crippen LogP contribution in [-0.4, -0.2) is 28.9 Å². The Morgan fingerprint density at radius 2 is 2.16 bits per heavy atom. The van der Waals surface area contributed by atoms with E-state index in [2.05, 4.69) is 18.8 Å². The molecule has 1 aliphatic rings. The maximum atomic E-state index is 12.4. The maximum absolute atomic E-state index is 12.4. The normalized spacial score (nSPS) is 19.4. The zero-order valence-corrected chi connectivity index (χ0v) is 12.8. The van der Waals surface area contributed by atoms with Crippen molar-refractivity contribution in [3.8, 4) is 0 Å². The second kappa shape index (κ2) is 5.59. The average Bonchev–Trinajstić information content (AvgIpc) is 2.86. The number of rotatable bonds is 3. The lowest BCUT2D eigenvalue weighted by Gasteiger charge is -2.38. The maximum Gasteiger partial charge on any atom is 0.273 e. The van der Waals surface area contributed by atoms with E-state index in [1.54, 1.807) is 0 Å². The summed E-state index contributed by atoms with van der Waals surface area (Å²) in [7, 11) is 1.90. The first kappa shape index (κ1) is 14.5. The van der Waals surface area contributed by atoms with Crippen LogP contribution in [0.5, 0.6) is 0 Å². The molecule has 1 heterocycles. The number of nitrogens with zero attached hydrogens (tertiary/aromatic N) is 2. The lowest BCUT2D eigenvalue weighted by molar-refractivity contribution is 0.0630. The van der Waals surface area contributed by atoms with Crippen LogP contribution >= 0.6 is 11.3 Å². The van der Waals surface area contributed by atoms with Gasteiger partial charge in [0.05, 0.1) is 0 Å². The highest BCUT2D eigenvalue weighted by molar-refractivity contribution is 7.09. The van der Waals surface area contributed by atoms with Gasteiger partial charge < -0.3 is 10.6 Å². The van der Waals surface area contributed by atoms with Crippen LogP contribution in [0.3, 0.4) is 0 Å². The van der Waals surface area contributed by atoms with Gasteiger partial charge in [-0.3, -0.25) is 4.79 Å². The third kappa shape index (κ3) is 3.34. The van der Waals surface area contributed by atoms with Gasteiger partial charge in [0, 0.05) is 25.0 Å². The summed E-state index contributed by atoms with van der Waals surface area (Å²) in [5.41, 5.74) is 6.50. The minimum Gasteiger partial charge on any atom is -0.337 e. The summed E-state index contributed by atoms with van der Waals surface area (Å²) < 4.78 is 0. The molecule has 0 aliphatic heterocycles. The van der Waals surface area contributed by atoms with Crippen molar-refractivity contribution in [2.75, 3.05) is 7.05 Å². The molecule has 2 rings (SSSR count). The SMILES string of the molecule is CN(C(=O)c1csc(CN)n1)C1CCC(C)(C)CC1. The Balaban J connectivity index is 1.99. The van der Waals surface area contributed by atoms with Gasteiger partial charge in [-0.25, -0.2) is 4.98 Å². The second-order valence-electron chi connectivity index (χ2n) is 6.14. The molecule has 4 nitrogen and oxygen atoms in total. The Hall–Kier alpha value is -0.940. The molecule has 0 unspecified atom stereocenters. The lowest BCUT2D eigenvalue weighted by atomic mass is 9.75. The molecule has 0 radical (unpaired) electrons. The van der Waals surface area contributed by atoms with Gasteiger partial charge in [0.25, 0.3) is 5.91 Å². The van der Waals surface area contributed by atoms with Gasteiger partial charge in [-0.05, 0) is 31.1 Å². The third-order valence-corrected chi connectivity index (χ3v) is 4.99. The number of carbonyl (C=O) groups is 1. The molecule has 1 fully saturated rings. The van der Waals surface area contributed by atoms with Gasteiger partial charge in [-0.2, -0.15) is 0 Å². The fourth-order valence-electron chi connectivity index (χ4n) is 2.62. The number of thiazole rings is 1. The van der Waals surface area contributed by atoms with E-state index in [1.807, 2.05) is 17.3 Å². The van der Waals surface area contributed by atoms with Crippen LogP contribution in [0.25, 0.3) is 0 Å². The van der Waals surface area contributed by atoms with Crippen molar-refractivity contribution in [2.45, 2.75) is 52.1 Å². The molecule has 1 amide bonds. The van der Waals surface area contributed by atoms with Crippen molar-refractivity contribution in [1.82, 2.24) is 9.88 Å². The van der Waals surface area contributed by atoms with Crippen LogP contribution in [0.1, 0.15) is 55.0 Å². The number of hydrogen-bond donors (Lipinski definition) is 1. The fraction of sp³-hybridized carbons (Fsp3) is 0.714. The van der Waals surface area contributed by atoms with Crippen molar-refractivity contribution in [1.29, 1.82) is 0 Å². The minimum atomic E-state index is 0.0284. The van der Waals surface area contributed by atoms with Crippen molar-refractivity contribution in [2.24, 2.45) is 11.1 Å². The first-order valence-electron chi connectivity index (χ1n) is 6.84. The van der Waals surface area contributed by atoms with E-state index in [4.69, 9.17) is 5.73 Å². The Bertz CT molecular complexity index is 445. The molecule has 1 saturated carbocycles. The molecular weight excluding hydrogens is 258 g/mol. The Kier molecular flexibility index (Phi) is 4.26. The van der Waals surface area contributed by atoms with Gasteiger partial charge >= 0.3 is 0 Å². The van der Waals surface area contributed by atoms with Crippen molar-refractivity contribution in [3.05, 3.63) is 16.1 Å². The highest BCUT2D eigenvalue weighted by Crippen LogP contribution is 2.36. The van der Waals surface area contributed by atoms with Crippen LogP contribution in [-0.2, 0) is 6.54 Å². The number of amides is 1. The van der Waals surface area contributed by atoms with Crippen LogP contribution in [0.2, 0.25) is 0 Å². The predicted octanol–water partition coefficient (Wildman–Crippen LogP) is 2.64. The van der Waals surface area contributed by atoms with Crippen LogP contribution in [0.4, 0.5) is 0 Å². The van der Waals surface area contributed by atoms with E-state index in [-0.39, 0.29) is 5.91 Å². The molecule has 106 valence electrons. The topological polar surface area (TPSA) is 59.2 Å². The molecule has 19 heavy (non-hydrogen) atoms. The average molecular weight is 281 g/mol. The van der Waals surface area contributed by atoms with Gasteiger partial charge in [-0.1, -0.05) is 13.8 Å². The number of nitrogens with two attached hydrogens (primary N) is 1. The molecule has 0 atom stereocenters. The van der Waals surface area contributed by atoms with Gasteiger partial charge in [0.2, 0.25) is 0 Å². The molecule has 2 N–H and O–H groups in total. The predicted molar refractivity (Wildman–Crippen MR) is 78.1 cm³/mol. The first-order chi connectivity index (χ1) is 8.93. The Morgan fingerprint density at radius 1 is 1.53 bits per heavy atom. The van der Waals surface area contributed by atoms with Crippen molar-refractivity contribution >= 4 is 17.2 Å². The van der Waals surface area contributed by atoms with E-state index in [0.29, 0.717) is 23.7 Å². The summed E-state index contributed by atoms with van der Waals surface area (Å²) in [5.74, 6) is 0.0284. The quantitative estimate of drug-likeness (QED) is 0.926. The molecular formula is C14H23N3OS. The van der Waals surface area contributed by atoms with Crippen LogP contribution in [0.15, 0.2) is 5.38 Å².